The lowest BCUT2D eigenvalue weighted by atomic mass is 10.1. The Hall–Kier alpha value is -2.96. The number of rotatable bonds is 3. The van der Waals surface area contributed by atoms with Crippen molar-refractivity contribution in [1.29, 1.82) is 0 Å². The molecule has 1 aliphatic rings. The van der Waals surface area contributed by atoms with Gasteiger partial charge in [-0.05, 0) is 54.1 Å². The van der Waals surface area contributed by atoms with Crippen LogP contribution in [-0.2, 0) is 6.42 Å². The summed E-state index contributed by atoms with van der Waals surface area (Å²) in [4.78, 5) is 20.1. The third-order valence-corrected chi connectivity index (χ3v) is 6.87. The van der Waals surface area contributed by atoms with E-state index >= 15 is 0 Å². The Labute approximate surface area is 175 Å². The number of halogens is 1. The van der Waals surface area contributed by atoms with Gasteiger partial charge in [-0.1, -0.05) is 30.0 Å². The Balaban J connectivity index is 1.39. The average molecular weight is 419 g/mol. The Kier molecular flexibility index (Phi) is 4.66. The highest BCUT2D eigenvalue weighted by atomic mass is 32.2. The van der Waals surface area contributed by atoms with Gasteiger partial charge in [-0.15, -0.1) is 11.3 Å². The maximum Gasteiger partial charge on any atom is 0.256 e. The maximum atomic E-state index is 13.1. The lowest BCUT2D eigenvalue weighted by molar-refractivity contribution is 0.102. The highest BCUT2D eigenvalue weighted by molar-refractivity contribution is 7.99. The molecule has 0 spiro atoms. The predicted molar refractivity (Wildman–Crippen MR) is 115 cm³/mol. The topological polar surface area (TPSA) is 42.0 Å². The molecule has 5 rings (SSSR count). The Morgan fingerprint density at radius 2 is 1.79 bits per heavy atom. The van der Waals surface area contributed by atoms with Crippen LogP contribution in [0.5, 0.6) is 0 Å². The van der Waals surface area contributed by atoms with Crippen LogP contribution in [0.1, 0.15) is 20.8 Å². The number of amides is 1. The third kappa shape index (κ3) is 3.69. The molecule has 0 unspecified atom stereocenters. The molecular weight excluding hydrogens is 403 g/mol. The van der Waals surface area contributed by atoms with Gasteiger partial charge in [0, 0.05) is 32.8 Å². The van der Waals surface area contributed by atoms with E-state index in [1.165, 1.54) is 12.1 Å². The van der Waals surface area contributed by atoms with Crippen molar-refractivity contribution in [2.24, 2.45) is 0 Å². The van der Waals surface area contributed by atoms with Crippen molar-refractivity contribution < 1.29 is 9.18 Å². The lowest BCUT2D eigenvalue weighted by Crippen LogP contribution is -2.11. The quantitative estimate of drug-likeness (QED) is 0.427. The molecule has 2 heterocycles. The first kappa shape index (κ1) is 18.1. The SMILES string of the molecule is O=C1Nc2cc(Cc3cnc(-c4ccc(F)cc4)s3)ccc2Sc2ccccc21. The molecule has 3 aromatic carbocycles. The molecule has 29 heavy (non-hydrogen) atoms. The first-order chi connectivity index (χ1) is 14.2. The van der Waals surface area contributed by atoms with Crippen molar-refractivity contribution in [1.82, 2.24) is 4.98 Å². The molecule has 3 nitrogen and oxygen atoms in total. The number of nitrogens with zero attached hydrogens (tertiary/aromatic N) is 1. The van der Waals surface area contributed by atoms with Crippen LogP contribution in [0.4, 0.5) is 10.1 Å². The van der Waals surface area contributed by atoms with E-state index in [1.807, 2.05) is 36.5 Å². The fourth-order valence-electron chi connectivity index (χ4n) is 3.24. The first-order valence-corrected chi connectivity index (χ1v) is 10.7. The van der Waals surface area contributed by atoms with Crippen LogP contribution in [0.25, 0.3) is 10.6 Å². The minimum atomic E-state index is -0.252. The molecule has 0 atom stereocenters. The van der Waals surface area contributed by atoms with Crippen LogP contribution in [0, 0.1) is 5.82 Å². The van der Waals surface area contributed by atoms with E-state index in [4.69, 9.17) is 0 Å². The largest absolute Gasteiger partial charge is 0.321 e. The fraction of sp³-hybridized carbons (Fsp3) is 0.0435. The van der Waals surface area contributed by atoms with E-state index in [0.29, 0.717) is 5.56 Å². The third-order valence-electron chi connectivity index (χ3n) is 4.67. The molecule has 142 valence electrons. The molecular formula is C23H15FN2OS2. The molecule has 1 aromatic heterocycles. The van der Waals surface area contributed by atoms with Crippen molar-refractivity contribution in [2.75, 3.05) is 5.32 Å². The van der Waals surface area contributed by atoms with Gasteiger partial charge in [0.25, 0.3) is 5.91 Å². The molecule has 0 saturated carbocycles. The Morgan fingerprint density at radius 3 is 2.66 bits per heavy atom. The van der Waals surface area contributed by atoms with Gasteiger partial charge in [-0.3, -0.25) is 4.79 Å². The second-order valence-electron chi connectivity index (χ2n) is 6.70. The molecule has 1 aliphatic heterocycles. The number of hydrogen-bond acceptors (Lipinski definition) is 4. The highest BCUT2D eigenvalue weighted by Crippen LogP contribution is 2.39. The molecule has 1 N–H and O–H groups in total. The number of fused-ring (bicyclic) bond motifs is 2. The molecule has 1 amide bonds. The summed E-state index contributed by atoms with van der Waals surface area (Å²) in [6.45, 7) is 0. The van der Waals surface area contributed by atoms with E-state index in [2.05, 4.69) is 22.4 Å². The monoisotopic (exact) mass is 418 g/mol. The summed E-state index contributed by atoms with van der Waals surface area (Å²) in [5, 5.41) is 3.90. The van der Waals surface area contributed by atoms with E-state index in [9.17, 15) is 9.18 Å². The second-order valence-corrected chi connectivity index (χ2v) is 8.90. The number of hydrogen-bond donors (Lipinski definition) is 1. The van der Waals surface area contributed by atoms with Crippen LogP contribution in [0.3, 0.4) is 0 Å². The minimum absolute atomic E-state index is 0.0830. The normalized spacial score (nSPS) is 12.7. The molecule has 0 radical (unpaired) electrons. The van der Waals surface area contributed by atoms with Gasteiger partial charge in [0.15, 0.2) is 0 Å². The number of carbonyl (C=O) groups excluding carboxylic acids is 1. The first-order valence-electron chi connectivity index (χ1n) is 9.07. The number of carbonyl (C=O) groups is 1. The zero-order valence-corrected chi connectivity index (χ0v) is 16.8. The molecule has 0 bridgehead atoms. The predicted octanol–water partition coefficient (Wildman–Crippen LogP) is 6.26. The summed E-state index contributed by atoms with van der Waals surface area (Å²) in [5.41, 5.74) is 3.54. The molecule has 0 aliphatic carbocycles. The number of aromatic nitrogens is 1. The summed E-state index contributed by atoms with van der Waals surface area (Å²) < 4.78 is 13.1. The number of thiazole rings is 1. The zero-order valence-electron chi connectivity index (χ0n) is 15.2. The Bertz CT molecular complexity index is 1220. The van der Waals surface area contributed by atoms with Crippen molar-refractivity contribution in [3.05, 3.63) is 94.7 Å². The minimum Gasteiger partial charge on any atom is -0.321 e. The average Bonchev–Trinajstić information content (AvgIpc) is 3.13. The lowest BCUT2D eigenvalue weighted by Gasteiger charge is -2.08. The van der Waals surface area contributed by atoms with E-state index < -0.39 is 0 Å². The summed E-state index contributed by atoms with van der Waals surface area (Å²) in [7, 11) is 0. The van der Waals surface area contributed by atoms with Gasteiger partial charge < -0.3 is 5.32 Å². The molecule has 6 heteroatoms. The van der Waals surface area contributed by atoms with Crippen LogP contribution < -0.4 is 5.32 Å². The van der Waals surface area contributed by atoms with Crippen LogP contribution >= 0.6 is 23.1 Å². The Morgan fingerprint density at radius 1 is 0.966 bits per heavy atom. The summed E-state index contributed by atoms with van der Waals surface area (Å²) in [6, 6.07) is 20.2. The summed E-state index contributed by atoms with van der Waals surface area (Å²) in [6.07, 6.45) is 2.58. The van der Waals surface area contributed by atoms with Crippen LogP contribution in [0.15, 0.2) is 82.7 Å². The van der Waals surface area contributed by atoms with Gasteiger partial charge in [-0.25, -0.2) is 9.37 Å². The number of benzene rings is 3. The van der Waals surface area contributed by atoms with E-state index in [0.717, 1.165) is 42.9 Å². The maximum absolute atomic E-state index is 13.1. The van der Waals surface area contributed by atoms with Crippen molar-refractivity contribution >= 4 is 34.7 Å². The smallest absolute Gasteiger partial charge is 0.256 e. The summed E-state index contributed by atoms with van der Waals surface area (Å²) >= 11 is 3.19. The fourth-order valence-corrected chi connectivity index (χ4v) is 5.20. The number of anilines is 1. The van der Waals surface area contributed by atoms with Crippen molar-refractivity contribution in [3.8, 4) is 10.6 Å². The van der Waals surface area contributed by atoms with Crippen LogP contribution in [0.2, 0.25) is 0 Å². The van der Waals surface area contributed by atoms with E-state index in [1.54, 1.807) is 35.2 Å². The number of nitrogens with one attached hydrogen (secondary N) is 1. The van der Waals surface area contributed by atoms with Gasteiger partial charge in [0.2, 0.25) is 0 Å². The zero-order chi connectivity index (χ0) is 19.8. The second kappa shape index (κ2) is 7.46. The standard InChI is InChI=1S/C23H15FN2OS2/c24-16-8-6-15(7-9-16)23-25-13-17(28-23)11-14-5-10-21-19(12-14)26-22(27)18-3-1-2-4-20(18)29-21/h1-10,12-13H,11H2,(H,26,27). The van der Waals surface area contributed by atoms with Gasteiger partial charge >= 0.3 is 0 Å². The highest BCUT2D eigenvalue weighted by Gasteiger charge is 2.19. The van der Waals surface area contributed by atoms with Gasteiger partial charge in [0.05, 0.1) is 11.3 Å². The van der Waals surface area contributed by atoms with Gasteiger partial charge in [-0.2, -0.15) is 0 Å². The van der Waals surface area contributed by atoms with Crippen molar-refractivity contribution in [3.63, 3.8) is 0 Å². The van der Waals surface area contributed by atoms with Crippen molar-refractivity contribution in [2.45, 2.75) is 16.2 Å². The summed E-state index contributed by atoms with van der Waals surface area (Å²) in [5.74, 6) is -0.335. The molecule has 0 fully saturated rings. The molecule has 4 aromatic rings. The van der Waals surface area contributed by atoms with E-state index in [-0.39, 0.29) is 11.7 Å². The molecule has 0 saturated heterocycles. The van der Waals surface area contributed by atoms with Gasteiger partial charge in [0.1, 0.15) is 10.8 Å². The van der Waals surface area contributed by atoms with Crippen LogP contribution in [-0.4, -0.2) is 10.9 Å².